The first kappa shape index (κ1) is 10.7. The molecule has 0 N–H and O–H groups in total. The molecule has 2 rings (SSSR count). The molecule has 0 amide bonds. The lowest BCUT2D eigenvalue weighted by Gasteiger charge is -2.05. The molecule has 0 aliphatic rings. The van der Waals surface area contributed by atoms with E-state index in [1.807, 2.05) is 48.5 Å². The molecule has 2 aromatic carbocycles. The third-order valence-electron chi connectivity index (χ3n) is 1.86. The molecule has 0 saturated heterocycles. The monoisotopic (exact) mass is 338 g/mol. The van der Waals surface area contributed by atoms with Crippen LogP contribution in [-0.4, -0.2) is 0 Å². The molecule has 1 nitrogen and oxygen atoms in total. The van der Waals surface area contributed by atoms with Crippen LogP contribution < -0.4 is 4.74 Å². The van der Waals surface area contributed by atoms with Crippen LogP contribution in [0.4, 0.5) is 0 Å². The van der Waals surface area contributed by atoms with Crippen molar-refractivity contribution < 1.29 is 4.74 Å². The van der Waals surface area contributed by atoms with Crippen molar-refractivity contribution in [2.24, 2.45) is 0 Å². The van der Waals surface area contributed by atoms with Crippen molar-refractivity contribution in [1.29, 1.82) is 0 Å². The lowest BCUT2D eigenvalue weighted by molar-refractivity contribution is 0.482. The first-order valence-corrected chi connectivity index (χ1v) is 6.01. The molecule has 0 aliphatic carbocycles. The first-order chi connectivity index (χ1) is 7.24. The molecular weight excluding hydrogens is 332 g/mol. The zero-order chi connectivity index (χ0) is 10.7. The number of benzene rings is 2. The van der Waals surface area contributed by atoms with Crippen molar-refractivity contribution in [1.82, 2.24) is 0 Å². The minimum atomic E-state index is 0.834. The van der Waals surface area contributed by atoms with E-state index >= 15 is 0 Å². The van der Waals surface area contributed by atoms with Crippen molar-refractivity contribution in [3.8, 4) is 11.5 Å². The fourth-order valence-electron chi connectivity index (χ4n) is 1.14. The van der Waals surface area contributed by atoms with Gasteiger partial charge in [0.15, 0.2) is 0 Å². The molecule has 15 heavy (non-hydrogen) atoms. The van der Waals surface area contributed by atoms with Crippen LogP contribution in [0.2, 0.25) is 0 Å². The Morgan fingerprint density at radius 2 is 0.933 bits per heavy atom. The summed E-state index contributed by atoms with van der Waals surface area (Å²) in [5.74, 6) is 1.67. The molecule has 76 valence electrons. The van der Waals surface area contributed by atoms with Crippen LogP contribution in [0.3, 0.4) is 0 Å². The van der Waals surface area contributed by atoms with Gasteiger partial charge in [0.1, 0.15) is 11.5 Å². The van der Waals surface area contributed by atoms with Crippen LogP contribution in [0.5, 0.6) is 11.5 Å². The summed E-state index contributed by atoms with van der Waals surface area (Å²) in [6.07, 6.45) is 0. The van der Waals surface area contributed by atoms with Gasteiger partial charge in [0.2, 0.25) is 0 Å². The topological polar surface area (TPSA) is 9.23 Å². The average Bonchev–Trinajstić information content (AvgIpc) is 2.25. The van der Waals surface area contributed by atoms with Crippen LogP contribution in [-0.2, 0) is 0 Å². The van der Waals surface area contributed by atoms with Gasteiger partial charge in [-0.25, -0.2) is 0 Å². The largest absolute Gasteiger partial charge is 0.457 e. The highest BCUT2D eigenvalue weighted by Gasteiger charge is 1.96. The Balaban J connectivity index is 2.15. The maximum Gasteiger partial charge on any atom is 0.127 e. The summed E-state index contributed by atoms with van der Waals surface area (Å²) in [6, 6.07) is 15.5. The van der Waals surface area contributed by atoms with E-state index in [-0.39, 0.29) is 0 Å². The van der Waals surface area contributed by atoms with Gasteiger partial charge in [-0.2, -0.15) is 0 Å². The number of hydrogen-bond donors (Lipinski definition) is 0. The summed E-state index contributed by atoms with van der Waals surface area (Å²) in [7, 11) is 0. The maximum absolute atomic E-state index is 5.65. The molecule has 0 heterocycles. The standard InChI is InChI=1S/C12H8Br2O/c13-9-1-5-11(6-2-9)15-12-7-3-10(14)4-8-12/h1-8H/i1+1,2+1,3+1,4+1,5+1,6+1,7+1,8+1,9+1,10+1,11+1,12+1. The highest BCUT2D eigenvalue weighted by molar-refractivity contribution is 9.10. The zero-order valence-electron chi connectivity index (χ0n) is 7.78. The summed E-state index contributed by atoms with van der Waals surface area (Å²) >= 11 is 6.76. The van der Waals surface area contributed by atoms with Gasteiger partial charge in [-0.05, 0) is 48.5 Å². The van der Waals surface area contributed by atoms with Gasteiger partial charge in [0.25, 0.3) is 0 Å². The van der Waals surface area contributed by atoms with Gasteiger partial charge in [0.05, 0.1) is 0 Å². The van der Waals surface area contributed by atoms with E-state index in [2.05, 4.69) is 31.9 Å². The summed E-state index contributed by atoms with van der Waals surface area (Å²) in [4.78, 5) is 0. The van der Waals surface area contributed by atoms with E-state index in [0.29, 0.717) is 0 Å². The third kappa shape index (κ3) is 3.08. The van der Waals surface area contributed by atoms with Crippen molar-refractivity contribution in [3.63, 3.8) is 0 Å². The Labute approximate surface area is 105 Å². The minimum absolute atomic E-state index is 0.834. The summed E-state index contributed by atoms with van der Waals surface area (Å²) in [5.41, 5.74) is 0. The quantitative estimate of drug-likeness (QED) is 0.747. The van der Waals surface area contributed by atoms with Crippen LogP contribution in [0, 0.1) is 0 Å². The SMILES string of the molecule is Br[13c]1[13cH][13cH][13c](O[13c]2[13cH][13cH][13c](Br)[13cH][13cH]2)[13cH][13cH]1. The minimum Gasteiger partial charge on any atom is -0.457 e. The van der Waals surface area contributed by atoms with Gasteiger partial charge < -0.3 is 4.74 Å². The van der Waals surface area contributed by atoms with Crippen molar-refractivity contribution >= 4 is 31.9 Å². The lowest BCUT2D eigenvalue weighted by atomic mass is 11.3. The normalized spacial score (nSPS) is 10.0. The van der Waals surface area contributed by atoms with Crippen molar-refractivity contribution in [2.45, 2.75) is 0 Å². The molecule has 0 aliphatic heterocycles. The number of halogens is 2. The van der Waals surface area contributed by atoms with Gasteiger partial charge in [-0.3, -0.25) is 0 Å². The third-order valence-corrected chi connectivity index (χ3v) is 2.92. The number of hydrogen-bond acceptors (Lipinski definition) is 1. The second kappa shape index (κ2) is 4.81. The Morgan fingerprint density at radius 1 is 0.600 bits per heavy atom. The summed E-state index contributed by atoms with van der Waals surface area (Å²) in [6.45, 7) is 0. The Kier molecular flexibility index (Phi) is 3.44. The van der Waals surface area contributed by atoms with Crippen molar-refractivity contribution in [3.05, 3.63) is 57.5 Å². The van der Waals surface area contributed by atoms with E-state index in [1.54, 1.807) is 0 Å². The molecule has 0 bridgehead atoms. The molecule has 0 aromatic heterocycles. The van der Waals surface area contributed by atoms with E-state index in [0.717, 1.165) is 20.4 Å². The highest BCUT2D eigenvalue weighted by atomic mass is 79.9. The fraction of sp³-hybridized carbons (Fsp3) is 0. The highest BCUT2D eigenvalue weighted by Crippen LogP contribution is 2.24. The second-order valence-electron chi connectivity index (χ2n) is 3.01. The molecule has 0 radical (unpaired) electrons. The summed E-state index contributed by atoms with van der Waals surface area (Å²) in [5, 5.41) is 0. The predicted octanol–water partition coefficient (Wildman–Crippen LogP) is 5.00. The zero-order valence-corrected chi connectivity index (χ0v) is 11.0. The predicted molar refractivity (Wildman–Crippen MR) is 68.4 cm³/mol. The summed E-state index contributed by atoms with van der Waals surface area (Å²) < 4.78 is 7.74. The second-order valence-corrected chi connectivity index (χ2v) is 4.84. The van der Waals surface area contributed by atoms with E-state index < -0.39 is 0 Å². The van der Waals surface area contributed by atoms with Crippen LogP contribution in [0.25, 0.3) is 0 Å². The molecule has 0 unspecified atom stereocenters. The fourth-order valence-corrected chi connectivity index (χ4v) is 1.67. The molecular formula is C12H8Br2O. The maximum atomic E-state index is 5.65. The molecule has 0 atom stereocenters. The van der Waals surface area contributed by atoms with Crippen LogP contribution >= 0.6 is 31.9 Å². The van der Waals surface area contributed by atoms with Gasteiger partial charge in [-0.1, -0.05) is 31.9 Å². The average molecular weight is 340 g/mol. The molecule has 2 aromatic rings. The van der Waals surface area contributed by atoms with Crippen molar-refractivity contribution in [2.75, 3.05) is 0 Å². The smallest absolute Gasteiger partial charge is 0.127 e. The van der Waals surface area contributed by atoms with E-state index in [4.69, 9.17) is 4.74 Å². The Bertz CT molecular complexity index is 391. The molecule has 0 saturated carbocycles. The van der Waals surface area contributed by atoms with Gasteiger partial charge >= 0.3 is 0 Å². The van der Waals surface area contributed by atoms with Gasteiger partial charge in [0, 0.05) is 8.95 Å². The first-order valence-electron chi connectivity index (χ1n) is 4.43. The van der Waals surface area contributed by atoms with Crippen LogP contribution in [0.1, 0.15) is 0 Å². The Morgan fingerprint density at radius 3 is 1.27 bits per heavy atom. The lowest BCUT2D eigenvalue weighted by Crippen LogP contribution is -1.82. The molecule has 0 fully saturated rings. The van der Waals surface area contributed by atoms with E-state index in [9.17, 15) is 0 Å². The Hall–Kier alpha value is -0.800. The number of ether oxygens (including phenoxy) is 1. The molecule has 0 spiro atoms. The van der Waals surface area contributed by atoms with Crippen LogP contribution in [0.15, 0.2) is 57.5 Å². The van der Waals surface area contributed by atoms with E-state index in [1.165, 1.54) is 0 Å². The van der Waals surface area contributed by atoms with Gasteiger partial charge in [-0.15, -0.1) is 0 Å². The molecule has 3 heteroatoms. The number of rotatable bonds is 2.